The molecule has 0 saturated heterocycles. The minimum Gasteiger partial charge on any atom is -0.299 e. The smallest absolute Gasteiger partial charge is 0.142 e. The van der Waals surface area contributed by atoms with Gasteiger partial charge in [0, 0.05) is 4.70 Å². The standard InChI is InChI=1S/C11H8OS/c12-7-2-4-9-3-1-5-11-10(9)6-8-13-11/h1-8H. The first-order valence-corrected chi connectivity index (χ1v) is 4.88. The highest BCUT2D eigenvalue weighted by Crippen LogP contribution is 2.24. The van der Waals surface area contributed by atoms with Gasteiger partial charge in [-0.3, -0.25) is 4.79 Å². The molecule has 0 unspecified atom stereocenters. The summed E-state index contributed by atoms with van der Waals surface area (Å²) < 4.78 is 1.26. The van der Waals surface area contributed by atoms with E-state index in [4.69, 9.17) is 0 Å². The number of benzene rings is 1. The number of fused-ring (bicyclic) bond motifs is 1. The molecule has 0 N–H and O–H groups in total. The molecule has 64 valence electrons. The van der Waals surface area contributed by atoms with Crippen molar-refractivity contribution in [3.05, 3.63) is 41.3 Å². The lowest BCUT2D eigenvalue weighted by Gasteiger charge is -1.94. The van der Waals surface area contributed by atoms with E-state index in [2.05, 4.69) is 17.5 Å². The van der Waals surface area contributed by atoms with Crippen molar-refractivity contribution < 1.29 is 4.79 Å². The summed E-state index contributed by atoms with van der Waals surface area (Å²) in [7, 11) is 0. The quantitative estimate of drug-likeness (QED) is 0.522. The average molecular weight is 188 g/mol. The lowest BCUT2D eigenvalue weighted by atomic mass is 10.1. The third-order valence-corrected chi connectivity index (χ3v) is 2.77. The van der Waals surface area contributed by atoms with Crippen LogP contribution in [0.15, 0.2) is 35.7 Å². The van der Waals surface area contributed by atoms with Gasteiger partial charge in [0.1, 0.15) is 6.29 Å². The largest absolute Gasteiger partial charge is 0.299 e. The predicted octanol–water partition coefficient (Wildman–Crippen LogP) is 3.11. The number of carbonyl (C=O) groups is 1. The van der Waals surface area contributed by atoms with E-state index >= 15 is 0 Å². The van der Waals surface area contributed by atoms with Crippen LogP contribution in [0.5, 0.6) is 0 Å². The number of hydrogen-bond donors (Lipinski definition) is 0. The second-order valence-electron chi connectivity index (χ2n) is 2.67. The number of carbonyl (C=O) groups excluding carboxylic acids is 1. The van der Waals surface area contributed by atoms with Gasteiger partial charge in [-0.1, -0.05) is 18.2 Å². The van der Waals surface area contributed by atoms with Crippen molar-refractivity contribution in [2.75, 3.05) is 0 Å². The van der Waals surface area contributed by atoms with Crippen molar-refractivity contribution in [2.45, 2.75) is 0 Å². The van der Waals surface area contributed by atoms with Crippen LogP contribution in [0.4, 0.5) is 0 Å². The van der Waals surface area contributed by atoms with Crippen molar-refractivity contribution in [1.82, 2.24) is 0 Å². The lowest BCUT2D eigenvalue weighted by Crippen LogP contribution is -1.72. The van der Waals surface area contributed by atoms with E-state index in [1.165, 1.54) is 16.2 Å². The molecular formula is C11H8OS. The van der Waals surface area contributed by atoms with E-state index in [-0.39, 0.29) is 0 Å². The molecule has 13 heavy (non-hydrogen) atoms. The lowest BCUT2D eigenvalue weighted by molar-refractivity contribution is -0.104. The maximum atomic E-state index is 10.2. The first-order valence-electron chi connectivity index (χ1n) is 4.00. The van der Waals surface area contributed by atoms with Gasteiger partial charge >= 0.3 is 0 Å². The fourth-order valence-electron chi connectivity index (χ4n) is 1.31. The molecule has 0 aliphatic heterocycles. The number of rotatable bonds is 2. The monoisotopic (exact) mass is 188 g/mol. The second kappa shape index (κ2) is 3.54. The first-order chi connectivity index (χ1) is 6.42. The Kier molecular flexibility index (Phi) is 2.23. The number of hydrogen-bond acceptors (Lipinski definition) is 2. The van der Waals surface area contributed by atoms with E-state index < -0.39 is 0 Å². The number of allylic oxidation sites excluding steroid dienone is 1. The van der Waals surface area contributed by atoms with Gasteiger partial charge in [0.15, 0.2) is 0 Å². The van der Waals surface area contributed by atoms with Crippen molar-refractivity contribution in [2.24, 2.45) is 0 Å². The van der Waals surface area contributed by atoms with Crippen LogP contribution in [0.2, 0.25) is 0 Å². The van der Waals surface area contributed by atoms with Crippen LogP contribution >= 0.6 is 11.3 Å². The molecule has 1 heterocycles. The van der Waals surface area contributed by atoms with E-state index in [0.717, 1.165) is 11.8 Å². The molecule has 0 saturated carbocycles. The Morgan fingerprint density at radius 2 is 2.15 bits per heavy atom. The summed E-state index contributed by atoms with van der Waals surface area (Å²) in [4.78, 5) is 10.2. The zero-order valence-corrected chi connectivity index (χ0v) is 7.75. The van der Waals surface area contributed by atoms with Crippen LogP contribution in [0.3, 0.4) is 0 Å². The van der Waals surface area contributed by atoms with Gasteiger partial charge in [0.05, 0.1) is 0 Å². The molecule has 2 aromatic rings. The zero-order valence-electron chi connectivity index (χ0n) is 6.94. The van der Waals surface area contributed by atoms with Gasteiger partial charge in [-0.2, -0.15) is 0 Å². The molecule has 0 radical (unpaired) electrons. The van der Waals surface area contributed by atoms with Gasteiger partial charge in [0.25, 0.3) is 0 Å². The first kappa shape index (κ1) is 8.20. The summed E-state index contributed by atoms with van der Waals surface area (Å²) in [5, 5.41) is 3.27. The SMILES string of the molecule is O=CC=Cc1cccc2sccc12. The topological polar surface area (TPSA) is 17.1 Å². The fourth-order valence-corrected chi connectivity index (χ4v) is 2.13. The van der Waals surface area contributed by atoms with Crippen molar-refractivity contribution >= 4 is 33.8 Å². The molecular weight excluding hydrogens is 180 g/mol. The summed E-state index contributed by atoms with van der Waals surface area (Å²) in [6.45, 7) is 0. The maximum Gasteiger partial charge on any atom is 0.142 e. The van der Waals surface area contributed by atoms with Crippen LogP contribution in [-0.2, 0) is 4.79 Å². The molecule has 0 amide bonds. The Balaban J connectivity index is 2.60. The summed E-state index contributed by atoms with van der Waals surface area (Å²) in [6.07, 6.45) is 4.15. The Bertz CT molecular complexity index is 454. The third-order valence-electron chi connectivity index (χ3n) is 1.88. The molecule has 1 aromatic carbocycles. The molecule has 1 aromatic heterocycles. The van der Waals surface area contributed by atoms with Crippen molar-refractivity contribution in [1.29, 1.82) is 0 Å². The number of thiophene rings is 1. The third kappa shape index (κ3) is 1.53. The normalized spacial score (nSPS) is 11.1. The minimum atomic E-state index is 0.797. The summed E-state index contributed by atoms with van der Waals surface area (Å²) >= 11 is 1.71. The molecule has 2 heteroatoms. The van der Waals surface area contributed by atoms with Crippen LogP contribution in [0, 0.1) is 0 Å². The summed E-state index contributed by atoms with van der Waals surface area (Å²) in [5.74, 6) is 0. The Hall–Kier alpha value is -1.41. The highest BCUT2D eigenvalue weighted by Gasteiger charge is 1.97. The highest BCUT2D eigenvalue weighted by molar-refractivity contribution is 7.17. The molecule has 2 rings (SSSR count). The van der Waals surface area contributed by atoms with Gasteiger partial charge in [0.2, 0.25) is 0 Å². The summed E-state index contributed by atoms with van der Waals surface area (Å²) in [6, 6.07) is 8.17. The second-order valence-corrected chi connectivity index (χ2v) is 3.62. The van der Waals surface area contributed by atoms with Crippen molar-refractivity contribution in [3.8, 4) is 0 Å². The molecule has 1 nitrogen and oxygen atoms in total. The maximum absolute atomic E-state index is 10.2. The highest BCUT2D eigenvalue weighted by atomic mass is 32.1. The van der Waals surface area contributed by atoms with E-state index in [1.54, 1.807) is 11.3 Å². The number of aldehydes is 1. The fraction of sp³-hybridized carbons (Fsp3) is 0. The van der Waals surface area contributed by atoms with Crippen LogP contribution in [-0.4, -0.2) is 6.29 Å². The Morgan fingerprint density at radius 3 is 3.00 bits per heavy atom. The molecule has 0 atom stereocenters. The van der Waals surface area contributed by atoms with Gasteiger partial charge in [-0.05, 0) is 34.5 Å². The molecule has 0 spiro atoms. The van der Waals surface area contributed by atoms with Gasteiger partial charge < -0.3 is 0 Å². The Morgan fingerprint density at radius 1 is 1.23 bits per heavy atom. The van der Waals surface area contributed by atoms with Crippen molar-refractivity contribution in [3.63, 3.8) is 0 Å². The van der Waals surface area contributed by atoms with Gasteiger partial charge in [-0.15, -0.1) is 11.3 Å². The predicted molar refractivity (Wildman–Crippen MR) is 56.9 cm³/mol. The van der Waals surface area contributed by atoms with E-state index in [0.29, 0.717) is 0 Å². The summed E-state index contributed by atoms with van der Waals surface area (Å²) in [5.41, 5.74) is 1.10. The molecule has 0 bridgehead atoms. The zero-order chi connectivity index (χ0) is 9.10. The molecule has 0 aliphatic rings. The van der Waals surface area contributed by atoms with E-state index in [9.17, 15) is 4.79 Å². The Labute approximate surface area is 80.3 Å². The van der Waals surface area contributed by atoms with Crippen LogP contribution in [0.25, 0.3) is 16.2 Å². The average Bonchev–Trinajstić information content (AvgIpc) is 2.62. The van der Waals surface area contributed by atoms with Crippen LogP contribution < -0.4 is 0 Å². The molecule has 0 fully saturated rings. The minimum absolute atomic E-state index is 0.797. The van der Waals surface area contributed by atoms with E-state index in [1.807, 2.05) is 18.2 Å². The van der Waals surface area contributed by atoms with Gasteiger partial charge in [-0.25, -0.2) is 0 Å². The van der Waals surface area contributed by atoms with Crippen LogP contribution in [0.1, 0.15) is 5.56 Å². The molecule has 0 aliphatic carbocycles.